The maximum absolute atomic E-state index is 8.25. The number of nitriles is 1. The van der Waals surface area contributed by atoms with Crippen LogP contribution in [0.1, 0.15) is 5.76 Å². The van der Waals surface area contributed by atoms with Crippen molar-refractivity contribution < 1.29 is 9.15 Å². The number of rotatable bonds is 2. The van der Waals surface area contributed by atoms with E-state index in [1.54, 1.807) is 12.1 Å². The van der Waals surface area contributed by atoms with Gasteiger partial charge >= 0.3 is 0 Å². The lowest BCUT2D eigenvalue weighted by Gasteiger charge is -1.88. The van der Waals surface area contributed by atoms with Gasteiger partial charge in [0.1, 0.15) is 5.76 Å². The summed E-state index contributed by atoms with van der Waals surface area (Å²) >= 11 is 0. The summed E-state index contributed by atoms with van der Waals surface area (Å²) in [5.41, 5.74) is 0. The van der Waals surface area contributed by atoms with Gasteiger partial charge in [-0.25, -0.2) is 0 Å². The van der Waals surface area contributed by atoms with Gasteiger partial charge in [-0.1, -0.05) is 0 Å². The van der Waals surface area contributed by atoms with Crippen molar-refractivity contribution in [1.29, 1.82) is 5.26 Å². The molecule has 1 rings (SSSR count). The zero-order chi connectivity index (χ0) is 7.40. The molecule has 1 aromatic rings. The Kier molecular flexibility index (Phi) is 1.96. The van der Waals surface area contributed by atoms with Crippen LogP contribution in [0.15, 0.2) is 16.5 Å². The fourth-order valence-electron chi connectivity index (χ4n) is 0.641. The maximum atomic E-state index is 8.25. The highest BCUT2D eigenvalue weighted by molar-refractivity contribution is 5.13. The minimum Gasteiger partial charge on any atom is -0.468 e. The molecule has 3 heteroatoms. The summed E-state index contributed by atoms with van der Waals surface area (Å²) in [4.78, 5) is 0. The number of nitrogens with zero attached hydrogens (tertiary/aromatic N) is 1. The molecule has 1 heterocycles. The zero-order valence-electron chi connectivity index (χ0n) is 5.63. The first-order valence-corrected chi connectivity index (χ1v) is 2.86. The Balaban J connectivity index is 2.70. The van der Waals surface area contributed by atoms with Crippen LogP contribution >= 0.6 is 0 Å². The lowest BCUT2D eigenvalue weighted by Crippen LogP contribution is -1.77. The Morgan fingerprint density at radius 3 is 3.00 bits per heavy atom. The van der Waals surface area contributed by atoms with Crippen molar-refractivity contribution in [2.24, 2.45) is 0 Å². The average Bonchev–Trinajstić information content (AvgIpc) is 2.37. The normalized spacial score (nSPS) is 8.80. The Morgan fingerprint density at radius 1 is 1.70 bits per heavy atom. The molecular formula is C7H7NO2. The number of methoxy groups -OCH3 is 1. The van der Waals surface area contributed by atoms with Crippen LogP contribution in [0.4, 0.5) is 0 Å². The zero-order valence-corrected chi connectivity index (χ0v) is 5.63. The molecule has 0 unspecified atom stereocenters. The molecule has 0 amide bonds. The van der Waals surface area contributed by atoms with E-state index in [1.807, 2.05) is 6.07 Å². The molecule has 3 nitrogen and oxygen atoms in total. The van der Waals surface area contributed by atoms with Crippen LogP contribution in [0.25, 0.3) is 0 Å². The van der Waals surface area contributed by atoms with E-state index in [0.29, 0.717) is 18.1 Å². The molecule has 0 saturated heterocycles. The smallest absolute Gasteiger partial charge is 0.284 e. The first-order chi connectivity index (χ1) is 4.86. The van der Waals surface area contributed by atoms with Gasteiger partial charge in [-0.3, -0.25) is 0 Å². The highest BCUT2D eigenvalue weighted by Gasteiger charge is 1.98. The van der Waals surface area contributed by atoms with Crippen LogP contribution in [0.5, 0.6) is 5.95 Å². The molecule has 10 heavy (non-hydrogen) atoms. The monoisotopic (exact) mass is 137 g/mol. The summed E-state index contributed by atoms with van der Waals surface area (Å²) in [5.74, 6) is 1.09. The SMILES string of the molecule is COc1ccc(CC#N)o1. The van der Waals surface area contributed by atoms with Gasteiger partial charge in [-0.2, -0.15) is 5.26 Å². The van der Waals surface area contributed by atoms with Gasteiger partial charge in [0.2, 0.25) is 0 Å². The third kappa shape index (κ3) is 1.29. The third-order valence-corrected chi connectivity index (χ3v) is 1.09. The van der Waals surface area contributed by atoms with Gasteiger partial charge in [-0.15, -0.1) is 0 Å². The lowest BCUT2D eigenvalue weighted by atomic mass is 10.4. The van der Waals surface area contributed by atoms with E-state index < -0.39 is 0 Å². The fraction of sp³-hybridized carbons (Fsp3) is 0.286. The van der Waals surface area contributed by atoms with E-state index in [1.165, 1.54) is 7.11 Å². The van der Waals surface area contributed by atoms with Gasteiger partial charge in [0, 0.05) is 6.07 Å². The molecule has 0 aliphatic rings. The second kappa shape index (κ2) is 2.92. The Hall–Kier alpha value is -1.43. The average molecular weight is 137 g/mol. The topological polar surface area (TPSA) is 46.2 Å². The number of hydrogen-bond acceptors (Lipinski definition) is 3. The molecular weight excluding hydrogens is 130 g/mol. The van der Waals surface area contributed by atoms with Crippen LogP contribution in [-0.2, 0) is 6.42 Å². The molecule has 0 bridgehead atoms. The molecule has 1 aromatic heterocycles. The van der Waals surface area contributed by atoms with Crippen LogP contribution in [0.2, 0.25) is 0 Å². The molecule has 0 aliphatic heterocycles. The van der Waals surface area contributed by atoms with Crippen LogP contribution in [0.3, 0.4) is 0 Å². The number of ether oxygens (including phenoxy) is 1. The molecule has 0 N–H and O–H groups in total. The van der Waals surface area contributed by atoms with Crippen molar-refractivity contribution in [3.05, 3.63) is 17.9 Å². The van der Waals surface area contributed by atoms with Gasteiger partial charge in [0.15, 0.2) is 0 Å². The van der Waals surface area contributed by atoms with Crippen LogP contribution < -0.4 is 4.74 Å². The lowest BCUT2D eigenvalue weighted by molar-refractivity contribution is 0.296. The first-order valence-electron chi connectivity index (χ1n) is 2.86. The predicted octanol–water partition coefficient (Wildman–Crippen LogP) is 1.35. The van der Waals surface area contributed by atoms with Crippen molar-refractivity contribution in [2.45, 2.75) is 6.42 Å². The van der Waals surface area contributed by atoms with Crippen molar-refractivity contribution in [1.82, 2.24) is 0 Å². The number of furan rings is 1. The van der Waals surface area contributed by atoms with Gasteiger partial charge < -0.3 is 9.15 Å². The molecule has 0 atom stereocenters. The Labute approximate surface area is 58.8 Å². The summed E-state index contributed by atoms with van der Waals surface area (Å²) in [6.07, 6.45) is 0.295. The van der Waals surface area contributed by atoms with Crippen molar-refractivity contribution in [3.8, 4) is 12.0 Å². The molecule has 0 fully saturated rings. The highest BCUT2D eigenvalue weighted by Crippen LogP contribution is 2.14. The second-order valence-corrected chi connectivity index (χ2v) is 1.76. The molecule has 52 valence electrons. The second-order valence-electron chi connectivity index (χ2n) is 1.76. The standard InChI is InChI=1S/C7H7NO2/c1-9-7-3-2-6(10-7)4-5-8/h2-3H,4H2,1H3. The quantitative estimate of drug-likeness (QED) is 0.618. The predicted molar refractivity (Wildman–Crippen MR) is 34.6 cm³/mol. The maximum Gasteiger partial charge on any atom is 0.284 e. The van der Waals surface area contributed by atoms with Crippen LogP contribution in [0, 0.1) is 11.3 Å². The van der Waals surface area contributed by atoms with Gasteiger partial charge in [0.05, 0.1) is 19.6 Å². The van der Waals surface area contributed by atoms with E-state index in [2.05, 4.69) is 0 Å². The van der Waals surface area contributed by atoms with E-state index in [-0.39, 0.29) is 0 Å². The summed E-state index contributed by atoms with van der Waals surface area (Å²) < 4.78 is 9.79. The van der Waals surface area contributed by atoms with E-state index in [9.17, 15) is 0 Å². The molecule has 0 aliphatic carbocycles. The van der Waals surface area contributed by atoms with E-state index >= 15 is 0 Å². The molecule has 0 saturated carbocycles. The Bertz CT molecular complexity index is 246. The minimum absolute atomic E-state index is 0.295. The highest BCUT2D eigenvalue weighted by atomic mass is 16.6. The van der Waals surface area contributed by atoms with Crippen molar-refractivity contribution in [2.75, 3.05) is 7.11 Å². The van der Waals surface area contributed by atoms with Crippen molar-refractivity contribution in [3.63, 3.8) is 0 Å². The summed E-state index contributed by atoms with van der Waals surface area (Å²) in [6, 6.07) is 5.38. The van der Waals surface area contributed by atoms with Crippen molar-refractivity contribution >= 4 is 0 Å². The summed E-state index contributed by atoms with van der Waals surface area (Å²) in [7, 11) is 1.52. The summed E-state index contributed by atoms with van der Waals surface area (Å²) in [6.45, 7) is 0. The first kappa shape index (κ1) is 6.69. The molecule has 0 aromatic carbocycles. The largest absolute Gasteiger partial charge is 0.468 e. The van der Waals surface area contributed by atoms with Crippen LogP contribution in [-0.4, -0.2) is 7.11 Å². The van der Waals surface area contributed by atoms with E-state index in [0.717, 1.165) is 0 Å². The fourth-order valence-corrected chi connectivity index (χ4v) is 0.641. The third-order valence-electron chi connectivity index (χ3n) is 1.09. The minimum atomic E-state index is 0.295. The summed E-state index contributed by atoms with van der Waals surface area (Å²) in [5, 5.41) is 8.25. The number of hydrogen-bond donors (Lipinski definition) is 0. The molecule has 0 radical (unpaired) electrons. The van der Waals surface area contributed by atoms with Gasteiger partial charge in [-0.05, 0) is 6.07 Å². The van der Waals surface area contributed by atoms with E-state index in [4.69, 9.17) is 14.4 Å². The Morgan fingerprint density at radius 2 is 2.50 bits per heavy atom. The molecule has 0 spiro atoms. The van der Waals surface area contributed by atoms with Gasteiger partial charge in [0.25, 0.3) is 5.95 Å².